The van der Waals surface area contributed by atoms with Crippen LogP contribution in [0.4, 0.5) is 0 Å². The first kappa shape index (κ1) is 18.5. The summed E-state index contributed by atoms with van der Waals surface area (Å²) in [4.78, 5) is 16.8. The molecule has 1 amide bonds. The van der Waals surface area contributed by atoms with E-state index in [9.17, 15) is 4.79 Å². The highest BCUT2D eigenvalue weighted by atomic mass is 16.6. The van der Waals surface area contributed by atoms with Gasteiger partial charge in [-0.2, -0.15) is 0 Å². The highest BCUT2D eigenvalue weighted by Gasteiger charge is 2.04. The Morgan fingerprint density at radius 3 is 2.60 bits per heavy atom. The van der Waals surface area contributed by atoms with E-state index in [1.165, 1.54) is 5.56 Å². The quantitative estimate of drug-likeness (QED) is 0.591. The molecule has 0 fully saturated rings. The molecule has 25 heavy (non-hydrogen) atoms. The van der Waals surface area contributed by atoms with Crippen molar-refractivity contribution in [3.63, 3.8) is 0 Å². The molecule has 132 valence electrons. The number of nitrogens with zero attached hydrogens (tertiary/aromatic N) is 1. The molecule has 5 nitrogen and oxygen atoms in total. The molecule has 0 aliphatic carbocycles. The molecule has 0 radical (unpaired) electrons. The molecule has 5 heteroatoms. The van der Waals surface area contributed by atoms with Crippen LogP contribution in [-0.4, -0.2) is 24.8 Å². The lowest BCUT2D eigenvalue weighted by Gasteiger charge is -2.11. The summed E-state index contributed by atoms with van der Waals surface area (Å²) in [6.07, 6.45) is 1.62. The van der Waals surface area contributed by atoms with Crippen LogP contribution in [0, 0.1) is 6.92 Å². The Morgan fingerprint density at radius 2 is 1.88 bits per heavy atom. The Bertz CT molecular complexity index is 709. The van der Waals surface area contributed by atoms with Crippen molar-refractivity contribution in [2.45, 2.75) is 33.4 Å². The van der Waals surface area contributed by atoms with Crippen LogP contribution in [0.25, 0.3) is 0 Å². The fraction of sp³-hybridized carbons (Fsp3) is 0.300. The highest BCUT2D eigenvalue weighted by molar-refractivity contribution is 5.83. The molecular weight excluding hydrogens is 316 g/mol. The number of nitrogens with one attached hydrogen (secondary N) is 1. The second-order valence-electron chi connectivity index (χ2n) is 5.97. The number of hydrogen-bond acceptors (Lipinski definition) is 4. The average Bonchev–Trinajstić information content (AvgIpc) is 2.59. The molecule has 2 aromatic carbocycles. The second-order valence-corrected chi connectivity index (χ2v) is 5.97. The predicted molar refractivity (Wildman–Crippen MR) is 98.8 cm³/mol. The zero-order chi connectivity index (χ0) is 18.1. The molecule has 2 aromatic rings. The fourth-order valence-electron chi connectivity index (χ4n) is 2.10. The molecule has 0 unspecified atom stereocenters. The first-order valence-corrected chi connectivity index (χ1v) is 8.28. The van der Waals surface area contributed by atoms with Gasteiger partial charge in [-0.3, -0.25) is 4.79 Å². The summed E-state index contributed by atoms with van der Waals surface area (Å²) in [5.41, 5.74) is 3.04. The van der Waals surface area contributed by atoms with Crippen molar-refractivity contribution in [1.82, 2.24) is 5.32 Å². The first-order valence-electron chi connectivity index (χ1n) is 8.28. The zero-order valence-electron chi connectivity index (χ0n) is 14.9. The Hall–Kier alpha value is -2.82. The van der Waals surface area contributed by atoms with Gasteiger partial charge in [-0.1, -0.05) is 47.1 Å². The third-order valence-corrected chi connectivity index (χ3v) is 3.35. The van der Waals surface area contributed by atoms with Gasteiger partial charge < -0.3 is 14.9 Å². The van der Waals surface area contributed by atoms with Crippen LogP contribution in [0.5, 0.6) is 5.75 Å². The van der Waals surface area contributed by atoms with Gasteiger partial charge >= 0.3 is 0 Å². The Labute approximate surface area is 148 Å². The molecule has 1 N–H and O–H groups in total. The molecular formula is C20H24N2O3. The summed E-state index contributed by atoms with van der Waals surface area (Å²) < 4.78 is 5.69. The summed E-state index contributed by atoms with van der Waals surface area (Å²) in [7, 11) is 0. The molecule has 0 saturated heterocycles. The van der Waals surface area contributed by atoms with Crippen LogP contribution in [0.2, 0.25) is 0 Å². The maximum absolute atomic E-state index is 11.8. The Kier molecular flexibility index (Phi) is 7.01. The largest absolute Gasteiger partial charge is 0.490 e. The first-order chi connectivity index (χ1) is 12.0. The topological polar surface area (TPSA) is 59.9 Å². The van der Waals surface area contributed by atoms with Crippen molar-refractivity contribution >= 4 is 12.1 Å². The van der Waals surface area contributed by atoms with E-state index in [4.69, 9.17) is 9.57 Å². The molecule has 0 aliphatic heterocycles. The highest BCUT2D eigenvalue weighted by Crippen LogP contribution is 2.17. The third kappa shape index (κ3) is 6.67. The van der Waals surface area contributed by atoms with Crippen LogP contribution in [0.15, 0.2) is 53.7 Å². The van der Waals surface area contributed by atoms with E-state index in [0.29, 0.717) is 6.54 Å². The average molecular weight is 340 g/mol. The van der Waals surface area contributed by atoms with E-state index in [2.05, 4.69) is 10.5 Å². The minimum atomic E-state index is -0.218. The fourth-order valence-corrected chi connectivity index (χ4v) is 2.10. The van der Waals surface area contributed by atoms with E-state index < -0.39 is 0 Å². The van der Waals surface area contributed by atoms with Gasteiger partial charge in [0.2, 0.25) is 0 Å². The van der Waals surface area contributed by atoms with Crippen molar-refractivity contribution in [1.29, 1.82) is 0 Å². The summed E-state index contributed by atoms with van der Waals surface area (Å²) in [6, 6.07) is 15.5. The maximum Gasteiger partial charge on any atom is 0.261 e. The monoisotopic (exact) mass is 340 g/mol. The molecule has 0 aromatic heterocycles. The number of hydrogen-bond donors (Lipinski definition) is 1. The smallest absolute Gasteiger partial charge is 0.261 e. The molecule has 2 rings (SSSR count). The molecule has 0 aliphatic rings. The summed E-state index contributed by atoms with van der Waals surface area (Å²) in [5, 5.41) is 6.64. The number of rotatable bonds is 8. The van der Waals surface area contributed by atoms with Gasteiger partial charge in [-0.05, 0) is 38.5 Å². The summed E-state index contributed by atoms with van der Waals surface area (Å²) in [5.74, 6) is 0.512. The van der Waals surface area contributed by atoms with E-state index in [0.717, 1.165) is 16.9 Å². The minimum Gasteiger partial charge on any atom is -0.490 e. The number of benzene rings is 2. The van der Waals surface area contributed by atoms with Crippen LogP contribution in [0.1, 0.15) is 30.5 Å². The Morgan fingerprint density at radius 1 is 1.16 bits per heavy atom. The molecule has 0 heterocycles. The summed E-state index contributed by atoms with van der Waals surface area (Å²) in [6.45, 7) is 6.29. The normalized spacial score (nSPS) is 10.9. The van der Waals surface area contributed by atoms with Crippen molar-refractivity contribution in [3.8, 4) is 5.75 Å². The third-order valence-electron chi connectivity index (χ3n) is 3.35. The molecule has 0 saturated carbocycles. The zero-order valence-corrected chi connectivity index (χ0v) is 14.9. The van der Waals surface area contributed by atoms with Crippen LogP contribution >= 0.6 is 0 Å². The number of carbonyl (C=O) groups excluding carboxylic acids is 1. The van der Waals surface area contributed by atoms with Crippen LogP contribution in [0.3, 0.4) is 0 Å². The maximum atomic E-state index is 11.8. The van der Waals surface area contributed by atoms with E-state index in [1.54, 1.807) is 6.21 Å². The number of amides is 1. The second kappa shape index (κ2) is 9.47. The number of ether oxygens (including phenoxy) is 1. The van der Waals surface area contributed by atoms with Gasteiger partial charge in [0.1, 0.15) is 5.75 Å². The standard InChI is InChI=1S/C20H24N2O3/c1-15(2)25-19-7-5-4-6-18(19)13-22-24-14-20(23)21-12-17-10-8-16(3)9-11-17/h4-11,13,15H,12,14H2,1-3H3,(H,21,23)/b22-13+. The van der Waals surface area contributed by atoms with Gasteiger partial charge in [-0.25, -0.2) is 0 Å². The van der Waals surface area contributed by atoms with Crippen molar-refractivity contribution in [2.75, 3.05) is 6.61 Å². The summed E-state index contributed by atoms with van der Waals surface area (Å²) >= 11 is 0. The van der Waals surface area contributed by atoms with Gasteiger partial charge in [0.15, 0.2) is 6.61 Å². The number of aryl methyl sites for hydroxylation is 1. The van der Waals surface area contributed by atoms with Gasteiger partial charge in [0.25, 0.3) is 5.91 Å². The predicted octanol–water partition coefficient (Wildman–Crippen LogP) is 3.45. The van der Waals surface area contributed by atoms with E-state index in [1.807, 2.05) is 69.3 Å². The van der Waals surface area contributed by atoms with Crippen LogP contribution in [-0.2, 0) is 16.2 Å². The van der Waals surface area contributed by atoms with E-state index in [-0.39, 0.29) is 18.6 Å². The van der Waals surface area contributed by atoms with Gasteiger partial charge in [-0.15, -0.1) is 0 Å². The minimum absolute atomic E-state index is 0.0722. The molecule has 0 atom stereocenters. The SMILES string of the molecule is Cc1ccc(CNC(=O)CO/N=C/c2ccccc2OC(C)C)cc1. The number of para-hydroxylation sites is 1. The number of oxime groups is 1. The lowest BCUT2D eigenvalue weighted by atomic mass is 10.1. The van der Waals surface area contributed by atoms with Crippen molar-refractivity contribution < 1.29 is 14.4 Å². The van der Waals surface area contributed by atoms with Gasteiger partial charge in [0.05, 0.1) is 12.3 Å². The Balaban J connectivity index is 1.77. The lowest BCUT2D eigenvalue weighted by Crippen LogP contribution is -2.26. The lowest BCUT2D eigenvalue weighted by molar-refractivity contribution is -0.125. The van der Waals surface area contributed by atoms with Crippen LogP contribution < -0.4 is 10.1 Å². The van der Waals surface area contributed by atoms with Crippen molar-refractivity contribution in [2.24, 2.45) is 5.16 Å². The van der Waals surface area contributed by atoms with Gasteiger partial charge in [0, 0.05) is 12.1 Å². The molecule has 0 bridgehead atoms. The number of carbonyl (C=O) groups is 1. The molecule has 0 spiro atoms. The van der Waals surface area contributed by atoms with E-state index >= 15 is 0 Å². The van der Waals surface area contributed by atoms with Crippen molar-refractivity contribution in [3.05, 3.63) is 65.2 Å².